The number of halogens is 1. The number of methoxy groups -OCH3 is 1. The number of nitrogens with one attached hydrogen (secondary N) is 1. The highest BCUT2D eigenvalue weighted by Gasteiger charge is 2.21. The number of benzene rings is 1. The van der Waals surface area contributed by atoms with Gasteiger partial charge in [0.1, 0.15) is 6.61 Å². The summed E-state index contributed by atoms with van der Waals surface area (Å²) >= 11 is 5.87. The minimum Gasteiger partial charge on any atom is -0.467 e. The molecule has 1 aromatic carbocycles. The van der Waals surface area contributed by atoms with Crippen molar-refractivity contribution in [1.29, 1.82) is 0 Å². The summed E-state index contributed by atoms with van der Waals surface area (Å²) in [4.78, 5) is 10.9. The molecular weight excluding hydrogens is 294 g/mol. The summed E-state index contributed by atoms with van der Waals surface area (Å²) in [6.07, 6.45) is 0.864. The fourth-order valence-corrected chi connectivity index (χ4v) is 2.27. The molecule has 1 fully saturated rings. The van der Waals surface area contributed by atoms with Crippen LogP contribution in [0.1, 0.15) is 5.56 Å². The van der Waals surface area contributed by atoms with Gasteiger partial charge < -0.3 is 19.5 Å². The van der Waals surface area contributed by atoms with E-state index in [9.17, 15) is 4.79 Å². The van der Waals surface area contributed by atoms with Gasteiger partial charge in [-0.2, -0.15) is 0 Å². The number of carbonyl (C=O) groups excluding carboxylic acids is 1. The van der Waals surface area contributed by atoms with Crippen molar-refractivity contribution in [2.75, 3.05) is 33.5 Å². The summed E-state index contributed by atoms with van der Waals surface area (Å²) in [5.74, 6) is -0.376. The Kier molecular flexibility index (Phi) is 6.45. The Morgan fingerprint density at radius 2 is 2.19 bits per heavy atom. The molecule has 0 aromatic heterocycles. The first-order valence-corrected chi connectivity index (χ1v) is 7.29. The number of esters is 1. The summed E-state index contributed by atoms with van der Waals surface area (Å²) in [5, 5.41) is 4.18. The first-order chi connectivity index (χ1) is 10.2. The molecule has 0 bridgehead atoms. The highest BCUT2D eigenvalue weighted by Crippen LogP contribution is 2.13. The second-order valence-corrected chi connectivity index (χ2v) is 5.42. The largest absolute Gasteiger partial charge is 0.467 e. The van der Waals surface area contributed by atoms with Crippen LogP contribution in [0.4, 0.5) is 0 Å². The van der Waals surface area contributed by atoms with Gasteiger partial charge in [-0.05, 0) is 24.1 Å². The molecule has 0 unspecified atom stereocenters. The van der Waals surface area contributed by atoms with Crippen molar-refractivity contribution in [2.45, 2.75) is 18.6 Å². The van der Waals surface area contributed by atoms with Crippen LogP contribution < -0.4 is 5.32 Å². The van der Waals surface area contributed by atoms with Gasteiger partial charge in [0, 0.05) is 17.6 Å². The van der Waals surface area contributed by atoms with Crippen LogP contribution in [0.15, 0.2) is 24.3 Å². The van der Waals surface area contributed by atoms with Crippen molar-refractivity contribution in [1.82, 2.24) is 5.32 Å². The predicted molar refractivity (Wildman–Crippen MR) is 79.5 cm³/mol. The maximum absolute atomic E-state index is 10.9. The lowest BCUT2D eigenvalue weighted by Gasteiger charge is -2.30. The van der Waals surface area contributed by atoms with E-state index in [1.807, 2.05) is 24.3 Å². The zero-order valence-corrected chi connectivity index (χ0v) is 12.8. The standard InChI is InChI=1S/C15H20ClNO4/c1-19-15(18)10-20-9-14-7-17-13(8-21-14)6-11-2-4-12(16)5-3-11/h2-5,13-14,17H,6-10H2,1H3/t13-,14+/m0/s1. The van der Waals surface area contributed by atoms with E-state index in [0.29, 0.717) is 19.8 Å². The molecule has 0 amide bonds. The molecule has 5 nitrogen and oxygen atoms in total. The third-order valence-electron chi connectivity index (χ3n) is 3.31. The van der Waals surface area contributed by atoms with E-state index in [-0.39, 0.29) is 24.7 Å². The first kappa shape index (κ1) is 16.2. The minimum atomic E-state index is -0.376. The molecule has 1 aliphatic heterocycles. The summed E-state index contributed by atoms with van der Waals surface area (Å²) in [7, 11) is 1.34. The molecule has 21 heavy (non-hydrogen) atoms. The van der Waals surface area contributed by atoms with Gasteiger partial charge in [0.15, 0.2) is 0 Å². The van der Waals surface area contributed by atoms with Crippen LogP contribution >= 0.6 is 11.6 Å². The molecule has 2 rings (SSSR count). The fraction of sp³-hybridized carbons (Fsp3) is 0.533. The van der Waals surface area contributed by atoms with E-state index >= 15 is 0 Å². The monoisotopic (exact) mass is 313 g/mol. The second-order valence-electron chi connectivity index (χ2n) is 4.98. The molecule has 0 radical (unpaired) electrons. The molecule has 1 heterocycles. The van der Waals surface area contributed by atoms with Crippen LogP contribution in [-0.2, 0) is 25.4 Å². The van der Waals surface area contributed by atoms with Crippen molar-refractivity contribution in [3.8, 4) is 0 Å². The Labute approximate surface area is 129 Å². The third kappa shape index (κ3) is 5.63. The van der Waals surface area contributed by atoms with Crippen LogP contribution in [0.5, 0.6) is 0 Å². The van der Waals surface area contributed by atoms with Gasteiger partial charge in [-0.3, -0.25) is 0 Å². The summed E-state index contributed by atoms with van der Waals surface area (Å²) in [6, 6.07) is 8.11. The van der Waals surface area contributed by atoms with Gasteiger partial charge in [0.05, 0.1) is 26.4 Å². The molecule has 0 saturated carbocycles. The lowest BCUT2D eigenvalue weighted by Crippen LogP contribution is -2.49. The average Bonchev–Trinajstić information content (AvgIpc) is 2.51. The predicted octanol–water partition coefficient (Wildman–Crippen LogP) is 1.43. The Bertz CT molecular complexity index is 443. The van der Waals surface area contributed by atoms with Crippen molar-refractivity contribution in [2.24, 2.45) is 0 Å². The minimum absolute atomic E-state index is 0.0314. The summed E-state index contributed by atoms with van der Waals surface area (Å²) < 4.78 is 15.5. The van der Waals surface area contributed by atoms with Crippen molar-refractivity contribution in [3.63, 3.8) is 0 Å². The Balaban J connectivity index is 1.66. The highest BCUT2D eigenvalue weighted by atomic mass is 35.5. The van der Waals surface area contributed by atoms with E-state index in [2.05, 4.69) is 10.1 Å². The van der Waals surface area contributed by atoms with Crippen LogP contribution in [0.25, 0.3) is 0 Å². The third-order valence-corrected chi connectivity index (χ3v) is 3.57. The zero-order valence-electron chi connectivity index (χ0n) is 12.0. The van der Waals surface area contributed by atoms with E-state index in [0.717, 1.165) is 11.4 Å². The molecule has 1 saturated heterocycles. The smallest absolute Gasteiger partial charge is 0.331 e. The fourth-order valence-electron chi connectivity index (χ4n) is 2.14. The molecule has 1 N–H and O–H groups in total. The average molecular weight is 314 g/mol. The van der Waals surface area contributed by atoms with Gasteiger partial charge in [0.25, 0.3) is 0 Å². The van der Waals surface area contributed by atoms with Crippen LogP contribution in [0, 0.1) is 0 Å². The van der Waals surface area contributed by atoms with Crippen molar-refractivity contribution >= 4 is 17.6 Å². The first-order valence-electron chi connectivity index (χ1n) is 6.91. The molecule has 1 aliphatic rings. The number of ether oxygens (including phenoxy) is 3. The number of rotatable bonds is 6. The maximum atomic E-state index is 10.9. The summed E-state index contributed by atoms with van der Waals surface area (Å²) in [5.41, 5.74) is 1.22. The number of carbonyl (C=O) groups is 1. The topological polar surface area (TPSA) is 56.8 Å². The van der Waals surface area contributed by atoms with Crippen molar-refractivity contribution < 1.29 is 19.0 Å². The normalized spacial score (nSPS) is 22.0. The number of hydrogen-bond acceptors (Lipinski definition) is 5. The molecule has 116 valence electrons. The maximum Gasteiger partial charge on any atom is 0.331 e. The van der Waals surface area contributed by atoms with Crippen LogP contribution in [0.2, 0.25) is 5.02 Å². The highest BCUT2D eigenvalue weighted by molar-refractivity contribution is 6.30. The van der Waals surface area contributed by atoms with E-state index in [1.54, 1.807) is 0 Å². The lowest BCUT2D eigenvalue weighted by molar-refractivity contribution is -0.147. The molecular formula is C15H20ClNO4. The van der Waals surface area contributed by atoms with Gasteiger partial charge in [-0.15, -0.1) is 0 Å². The van der Waals surface area contributed by atoms with E-state index < -0.39 is 0 Å². The quantitative estimate of drug-likeness (QED) is 0.805. The summed E-state index contributed by atoms with van der Waals surface area (Å²) in [6.45, 7) is 1.68. The van der Waals surface area contributed by atoms with Gasteiger partial charge in [-0.25, -0.2) is 4.79 Å². The van der Waals surface area contributed by atoms with E-state index in [1.165, 1.54) is 12.7 Å². The van der Waals surface area contributed by atoms with Gasteiger partial charge in [-0.1, -0.05) is 23.7 Å². The van der Waals surface area contributed by atoms with Crippen LogP contribution in [0.3, 0.4) is 0 Å². The molecule has 0 aliphatic carbocycles. The molecule has 1 aromatic rings. The molecule has 0 spiro atoms. The molecule has 2 atom stereocenters. The zero-order chi connectivity index (χ0) is 15.1. The van der Waals surface area contributed by atoms with Gasteiger partial charge in [0.2, 0.25) is 0 Å². The van der Waals surface area contributed by atoms with Gasteiger partial charge >= 0.3 is 5.97 Å². The Morgan fingerprint density at radius 1 is 1.43 bits per heavy atom. The van der Waals surface area contributed by atoms with Crippen molar-refractivity contribution in [3.05, 3.63) is 34.9 Å². The molecule has 6 heteroatoms. The van der Waals surface area contributed by atoms with Crippen LogP contribution in [-0.4, -0.2) is 51.6 Å². The number of hydrogen-bond donors (Lipinski definition) is 1. The lowest BCUT2D eigenvalue weighted by atomic mass is 10.1. The Hall–Kier alpha value is -1.14. The number of morpholine rings is 1. The second kappa shape index (κ2) is 8.34. The SMILES string of the molecule is COC(=O)COC[C@H]1CN[C@@H](Cc2ccc(Cl)cc2)CO1. The van der Waals surface area contributed by atoms with E-state index in [4.69, 9.17) is 21.1 Å². The Morgan fingerprint density at radius 3 is 2.81 bits per heavy atom.